The quantitative estimate of drug-likeness (QED) is 0.287. The van der Waals surface area contributed by atoms with Gasteiger partial charge in [-0.3, -0.25) is 14.4 Å². The van der Waals surface area contributed by atoms with Gasteiger partial charge < -0.3 is 19.6 Å². The van der Waals surface area contributed by atoms with E-state index in [1.54, 1.807) is 28.8 Å². The van der Waals surface area contributed by atoms with Crippen LogP contribution in [0.25, 0.3) is 0 Å². The van der Waals surface area contributed by atoms with Gasteiger partial charge in [0.15, 0.2) is 0 Å². The van der Waals surface area contributed by atoms with Crippen molar-refractivity contribution in [3.8, 4) is 0 Å². The fourth-order valence-electron chi connectivity index (χ4n) is 6.12. The van der Waals surface area contributed by atoms with Gasteiger partial charge in [-0.05, 0) is 24.3 Å². The maximum atomic E-state index is 14.2. The number of amides is 2. The number of aliphatic hydroxyl groups excluding tert-OH is 1. The second-order valence-corrected chi connectivity index (χ2v) is 11.1. The second-order valence-electron chi connectivity index (χ2n) is 9.55. The molecule has 1 N–H and O–H groups in total. The van der Waals surface area contributed by atoms with Gasteiger partial charge in [-0.15, -0.1) is 24.9 Å². The standard InChI is InChI=1S/C27H34N2O5S/c1-4-6-15-34-26(33)21-20-16-18(3)27(35-20)22(21)24(31)29(13-14-30)23(27)25(32)28(12-5-2)17-19-10-8-7-9-11-19/h4-5,7-11,18,20-23,30H,1-2,6,12-17H2,3H3/t18?,20-,21+,22-,23?,27?/m0/s1. The molecule has 1 aromatic rings. The van der Waals surface area contributed by atoms with Gasteiger partial charge in [0.2, 0.25) is 11.8 Å². The van der Waals surface area contributed by atoms with Crippen molar-refractivity contribution in [3.63, 3.8) is 0 Å². The summed E-state index contributed by atoms with van der Waals surface area (Å²) < 4.78 is 4.78. The van der Waals surface area contributed by atoms with E-state index in [9.17, 15) is 19.5 Å². The van der Waals surface area contributed by atoms with E-state index in [-0.39, 0.29) is 48.7 Å². The number of likely N-dealkylation sites (tertiary alicyclic amines) is 1. The van der Waals surface area contributed by atoms with Crippen LogP contribution in [0.5, 0.6) is 0 Å². The van der Waals surface area contributed by atoms with E-state index < -0.39 is 22.6 Å². The summed E-state index contributed by atoms with van der Waals surface area (Å²) in [4.78, 5) is 44.3. The minimum atomic E-state index is -0.758. The van der Waals surface area contributed by atoms with Crippen molar-refractivity contribution in [1.82, 2.24) is 9.80 Å². The summed E-state index contributed by atoms with van der Waals surface area (Å²) >= 11 is 1.61. The summed E-state index contributed by atoms with van der Waals surface area (Å²) in [5, 5.41) is 9.73. The summed E-state index contributed by atoms with van der Waals surface area (Å²) in [7, 11) is 0. The Labute approximate surface area is 211 Å². The first-order valence-electron chi connectivity index (χ1n) is 12.2. The maximum Gasteiger partial charge on any atom is 0.310 e. The molecular weight excluding hydrogens is 464 g/mol. The van der Waals surface area contributed by atoms with Crippen LogP contribution in [0.15, 0.2) is 55.6 Å². The third-order valence-corrected chi connectivity index (χ3v) is 9.61. The van der Waals surface area contributed by atoms with Crippen molar-refractivity contribution in [1.29, 1.82) is 0 Å². The normalized spacial score (nSPS) is 30.7. The molecule has 3 aliphatic rings. The molecule has 3 saturated heterocycles. The number of esters is 1. The van der Waals surface area contributed by atoms with Gasteiger partial charge in [-0.2, -0.15) is 0 Å². The molecule has 3 aliphatic heterocycles. The van der Waals surface area contributed by atoms with E-state index >= 15 is 0 Å². The number of thioether (sulfide) groups is 1. The smallest absolute Gasteiger partial charge is 0.310 e. The van der Waals surface area contributed by atoms with E-state index in [1.807, 2.05) is 30.3 Å². The van der Waals surface area contributed by atoms with Crippen LogP contribution in [0.2, 0.25) is 0 Å². The average Bonchev–Trinajstić information content (AvgIpc) is 3.43. The monoisotopic (exact) mass is 498 g/mol. The highest BCUT2D eigenvalue weighted by atomic mass is 32.2. The van der Waals surface area contributed by atoms with Crippen LogP contribution in [0.3, 0.4) is 0 Å². The first-order chi connectivity index (χ1) is 16.9. The lowest BCUT2D eigenvalue weighted by Gasteiger charge is -2.40. The van der Waals surface area contributed by atoms with Crippen molar-refractivity contribution in [2.24, 2.45) is 17.8 Å². The van der Waals surface area contributed by atoms with Gasteiger partial charge in [0, 0.05) is 24.9 Å². The van der Waals surface area contributed by atoms with E-state index in [1.165, 1.54) is 4.90 Å². The van der Waals surface area contributed by atoms with Gasteiger partial charge >= 0.3 is 5.97 Å². The number of rotatable bonds is 11. The lowest BCUT2D eigenvalue weighted by Crippen LogP contribution is -2.57. The van der Waals surface area contributed by atoms with Crippen LogP contribution in [0.1, 0.15) is 25.3 Å². The van der Waals surface area contributed by atoms with E-state index in [0.717, 1.165) is 12.0 Å². The number of nitrogens with zero attached hydrogens (tertiary/aromatic N) is 2. The average molecular weight is 499 g/mol. The SMILES string of the molecule is C=CCCOC(=O)[C@@H]1[C@@H]2CC(C)C3(S2)C(C(=O)N(CC=C)Cc2ccccc2)N(CCO)C(=O)[C@H]13. The van der Waals surface area contributed by atoms with Crippen molar-refractivity contribution in [2.45, 2.75) is 42.3 Å². The summed E-state index contributed by atoms with van der Waals surface area (Å²) in [5.41, 5.74) is 0.981. The Kier molecular flexibility index (Phi) is 7.71. The predicted octanol–water partition coefficient (Wildman–Crippen LogP) is 2.65. The fraction of sp³-hybridized carbons (Fsp3) is 0.519. The van der Waals surface area contributed by atoms with Crippen LogP contribution in [-0.2, 0) is 25.7 Å². The highest BCUT2D eigenvalue weighted by Gasteiger charge is 2.76. The van der Waals surface area contributed by atoms with Crippen molar-refractivity contribution in [2.75, 3.05) is 26.3 Å². The van der Waals surface area contributed by atoms with Crippen LogP contribution in [0.4, 0.5) is 0 Å². The summed E-state index contributed by atoms with van der Waals surface area (Å²) in [6, 6.07) is 8.95. The van der Waals surface area contributed by atoms with Crippen molar-refractivity contribution < 1.29 is 24.2 Å². The Balaban J connectivity index is 1.69. The summed E-state index contributed by atoms with van der Waals surface area (Å²) in [6.45, 7) is 10.3. The molecule has 2 bridgehead atoms. The molecule has 0 aliphatic carbocycles. The lowest BCUT2D eigenvalue weighted by molar-refractivity contribution is -0.154. The van der Waals surface area contributed by atoms with E-state index in [2.05, 4.69) is 20.1 Å². The molecule has 3 heterocycles. The van der Waals surface area contributed by atoms with Crippen LogP contribution in [-0.4, -0.2) is 75.0 Å². The van der Waals surface area contributed by atoms with Gasteiger partial charge in [0.25, 0.3) is 0 Å². The van der Waals surface area contributed by atoms with Gasteiger partial charge in [-0.1, -0.05) is 49.4 Å². The number of β-amino-alcohol motifs (C(OH)–C–C–N with tert-alkyl or cyclic N) is 1. The number of fused-ring (bicyclic) bond motifs is 1. The molecule has 0 radical (unpaired) electrons. The minimum absolute atomic E-state index is 0.0525. The molecule has 35 heavy (non-hydrogen) atoms. The summed E-state index contributed by atoms with van der Waals surface area (Å²) in [5.74, 6) is -1.94. The third-order valence-electron chi connectivity index (χ3n) is 7.54. The molecule has 3 unspecified atom stereocenters. The minimum Gasteiger partial charge on any atom is -0.465 e. The molecule has 4 rings (SSSR count). The number of carbonyl (C=O) groups excluding carboxylic acids is 3. The predicted molar refractivity (Wildman–Crippen MR) is 135 cm³/mol. The number of hydrogen-bond acceptors (Lipinski definition) is 6. The van der Waals surface area contributed by atoms with Gasteiger partial charge in [0.1, 0.15) is 6.04 Å². The second kappa shape index (κ2) is 10.6. The fourth-order valence-corrected chi connectivity index (χ4v) is 8.52. The van der Waals surface area contributed by atoms with Crippen LogP contribution >= 0.6 is 11.8 Å². The molecule has 6 atom stereocenters. The van der Waals surface area contributed by atoms with E-state index in [4.69, 9.17) is 4.74 Å². The third kappa shape index (κ3) is 4.31. The Morgan fingerprint density at radius 3 is 2.69 bits per heavy atom. The highest BCUT2D eigenvalue weighted by Crippen LogP contribution is 2.68. The van der Waals surface area contributed by atoms with Crippen LogP contribution < -0.4 is 0 Å². The zero-order chi connectivity index (χ0) is 25.2. The molecule has 8 heteroatoms. The Morgan fingerprint density at radius 1 is 1.29 bits per heavy atom. The number of benzene rings is 1. The summed E-state index contributed by atoms with van der Waals surface area (Å²) in [6.07, 6.45) is 4.66. The van der Waals surface area contributed by atoms with Crippen LogP contribution in [0, 0.1) is 17.8 Å². The largest absolute Gasteiger partial charge is 0.465 e. The zero-order valence-electron chi connectivity index (χ0n) is 20.2. The first-order valence-corrected chi connectivity index (χ1v) is 13.1. The number of aliphatic hydroxyl groups is 1. The molecule has 0 aromatic heterocycles. The topological polar surface area (TPSA) is 87.2 Å². The zero-order valence-corrected chi connectivity index (χ0v) is 21.0. The molecule has 1 spiro atoms. The first kappa shape index (κ1) is 25.5. The molecule has 0 saturated carbocycles. The Morgan fingerprint density at radius 2 is 2.03 bits per heavy atom. The van der Waals surface area contributed by atoms with Gasteiger partial charge in [0.05, 0.1) is 29.8 Å². The maximum absolute atomic E-state index is 14.2. The van der Waals surface area contributed by atoms with E-state index in [0.29, 0.717) is 19.5 Å². The Hall–Kier alpha value is -2.58. The molecule has 3 fully saturated rings. The number of hydrogen-bond donors (Lipinski definition) is 1. The van der Waals surface area contributed by atoms with Crippen molar-refractivity contribution in [3.05, 3.63) is 61.2 Å². The number of carbonyl (C=O) groups is 3. The molecule has 7 nitrogen and oxygen atoms in total. The number of ether oxygens (including phenoxy) is 1. The lowest BCUT2D eigenvalue weighted by atomic mass is 9.66. The molecular formula is C27H34N2O5S. The Bertz CT molecular complexity index is 985. The van der Waals surface area contributed by atoms with Gasteiger partial charge in [-0.25, -0.2) is 0 Å². The van der Waals surface area contributed by atoms with Crippen molar-refractivity contribution >= 4 is 29.5 Å². The molecule has 188 valence electrons. The highest BCUT2D eigenvalue weighted by molar-refractivity contribution is 8.02. The molecule has 1 aromatic carbocycles. The molecule has 2 amide bonds.